The molecule has 1 aliphatic heterocycles. The summed E-state index contributed by atoms with van der Waals surface area (Å²) in [6, 6.07) is 7.94. The van der Waals surface area contributed by atoms with Gasteiger partial charge >= 0.3 is 0 Å². The molecule has 0 spiro atoms. The Bertz CT molecular complexity index is 721. The number of ketones is 1. The van der Waals surface area contributed by atoms with Gasteiger partial charge < -0.3 is 0 Å². The smallest absolute Gasteiger partial charge is 0.187 e. The van der Waals surface area contributed by atoms with Gasteiger partial charge in [-0.15, -0.1) is 11.8 Å². The summed E-state index contributed by atoms with van der Waals surface area (Å²) in [6.07, 6.45) is 9.82. The van der Waals surface area contributed by atoms with Crippen molar-refractivity contribution >= 4 is 29.3 Å². The number of benzene rings is 1. The Morgan fingerprint density at radius 3 is 2.68 bits per heavy atom. The Balaban J connectivity index is 1.66. The molecule has 1 fully saturated rings. The summed E-state index contributed by atoms with van der Waals surface area (Å²) in [5, 5.41) is 0.795. The summed E-state index contributed by atoms with van der Waals surface area (Å²) >= 11 is 3.19. The van der Waals surface area contributed by atoms with E-state index in [0.29, 0.717) is 0 Å². The Morgan fingerprint density at radius 1 is 1.20 bits per heavy atom. The molecule has 1 saturated heterocycles. The molecule has 25 heavy (non-hydrogen) atoms. The number of aromatic nitrogens is 2. The summed E-state index contributed by atoms with van der Waals surface area (Å²) in [6.45, 7) is 2.65. The van der Waals surface area contributed by atoms with Crippen molar-refractivity contribution in [1.29, 1.82) is 0 Å². The van der Waals surface area contributed by atoms with Crippen LogP contribution in [0.5, 0.6) is 0 Å². The number of carbonyl (C=O) groups excluding carboxylic acids is 1. The predicted molar refractivity (Wildman–Crippen MR) is 104 cm³/mol. The van der Waals surface area contributed by atoms with Gasteiger partial charge in [0.25, 0.3) is 0 Å². The third-order valence-corrected chi connectivity index (χ3v) is 5.89. The standard InChI is InChI=1S/C19H23N3OS2/c1-24-17-8-4-3-7-16(17)18(23)15-6-5-9-22(13-15)12-14-10-20-19(25-2)21-11-14/h3-4,7-8,10-11,15H,5-6,9,12-13H2,1-2H3/t15-/m0/s1. The quantitative estimate of drug-likeness (QED) is 0.433. The van der Waals surface area contributed by atoms with E-state index in [1.54, 1.807) is 23.5 Å². The largest absolute Gasteiger partial charge is 0.298 e. The van der Waals surface area contributed by atoms with Crippen LogP contribution in [0.25, 0.3) is 0 Å². The first kappa shape index (κ1) is 18.4. The summed E-state index contributed by atoms with van der Waals surface area (Å²) in [7, 11) is 0. The van der Waals surface area contributed by atoms with Gasteiger partial charge in [-0.1, -0.05) is 30.0 Å². The number of hydrogen-bond acceptors (Lipinski definition) is 6. The van der Waals surface area contributed by atoms with Crippen LogP contribution in [-0.4, -0.2) is 46.3 Å². The molecule has 0 radical (unpaired) electrons. The SMILES string of the molecule is CSc1ncc(CN2CCC[C@H](C(=O)c3ccccc3SC)C2)cn1. The van der Waals surface area contributed by atoms with Crippen molar-refractivity contribution in [3.63, 3.8) is 0 Å². The number of rotatable bonds is 6. The normalized spacial score (nSPS) is 18.2. The van der Waals surface area contributed by atoms with Crippen LogP contribution in [0.3, 0.4) is 0 Å². The van der Waals surface area contributed by atoms with E-state index in [-0.39, 0.29) is 11.7 Å². The van der Waals surface area contributed by atoms with E-state index in [1.165, 1.54) is 0 Å². The first-order valence-electron chi connectivity index (χ1n) is 8.45. The van der Waals surface area contributed by atoms with Gasteiger partial charge in [0.2, 0.25) is 0 Å². The molecule has 6 heteroatoms. The third-order valence-electron chi connectivity index (χ3n) is 4.52. The second-order valence-electron chi connectivity index (χ2n) is 6.22. The molecule has 0 amide bonds. The van der Waals surface area contributed by atoms with E-state index < -0.39 is 0 Å². The van der Waals surface area contributed by atoms with Crippen molar-refractivity contribution in [3.8, 4) is 0 Å². The van der Waals surface area contributed by atoms with Crippen LogP contribution in [0.15, 0.2) is 46.7 Å². The predicted octanol–water partition coefficient (Wildman–Crippen LogP) is 4.02. The molecule has 0 bridgehead atoms. The van der Waals surface area contributed by atoms with E-state index >= 15 is 0 Å². The fourth-order valence-electron chi connectivity index (χ4n) is 3.27. The maximum Gasteiger partial charge on any atom is 0.187 e. The average molecular weight is 374 g/mol. The van der Waals surface area contributed by atoms with Crippen molar-refractivity contribution < 1.29 is 4.79 Å². The number of carbonyl (C=O) groups is 1. The van der Waals surface area contributed by atoms with Gasteiger partial charge in [-0.05, 0) is 38.0 Å². The van der Waals surface area contributed by atoms with Crippen LogP contribution in [-0.2, 0) is 6.54 Å². The Labute approximate surface area is 157 Å². The van der Waals surface area contributed by atoms with Gasteiger partial charge in [0.1, 0.15) is 0 Å². The monoisotopic (exact) mass is 373 g/mol. The van der Waals surface area contributed by atoms with Crippen LogP contribution < -0.4 is 0 Å². The number of likely N-dealkylation sites (tertiary alicyclic amines) is 1. The molecule has 1 aliphatic rings. The molecule has 1 atom stereocenters. The highest BCUT2D eigenvalue weighted by molar-refractivity contribution is 7.98. The molecule has 132 valence electrons. The zero-order valence-electron chi connectivity index (χ0n) is 14.6. The lowest BCUT2D eigenvalue weighted by molar-refractivity contribution is 0.0808. The molecule has 3 rings (SSSR count). The lowest BCUT2D eigenvalue weighted by atomic mass is 9.90. The van der Waals surface area contributed by atoms with Crippen molar-refractivity contribution in [2.45, 2.75) is 29.4 Å². The lowest BCUT2D eigenvalue weighted by Crippen LogP contribution is -2.38. The zero-order valence-corrected chi connectivity index (χ0v) is 16.3. The highest BCUT2D eigenvalue weighted by atomic mass is 32.2. The highest BCUT2D eigenvalue weighted by Crippen LogP contribution is 2.27. The Morgan fingerprint density at radius 2 is 1.96 bits per heavy atom. The third kappa shape index (κ3) is 4.63. The number of thioether (sulfide) groups is 2. The minimum absolute atomic E-state index is 0.0773. The summed E-state index contributed by atoms with van der Waals surface area (Å²) < 4.78 is 0. The lowest BCUT2D eigenvalue weighted by Gasteiger charge is -2.32. The van der Waals surface area contributed by atoms with Gasteiger partial charge in [-0.2, -0.15) is 0 Å². The minimum Gasteiger partial charge on any atom is -0.298 e. The Hall–Kier alpha value is -1.37. The number of nitrogens with zero attached hydrogens (tertiary/aromatic N) is 3. The molecule has 0 aliphatic carbocycles. The van der Waals surface area contributed by atoms with Crippen LogP contribution in [0.1, 0.15) is 28.8 Å². The van der Waals surface area contributed by atoms with Crippen LogP contribution in [0, 0.1) is 5.92 Å². The zero-order chi connectivity index (χ0) is 17.6. The van der Waals surface area contributed by atoms with E-state index in [0.717, 1.165) is 53.7 Å². The molecule has 2 aromatic rings. The molecule has 4 nitrogen and oxygen atoms in total. The first-order chi connectivity index (χ1) is 12.2. The average Bonchev–Trinajstić information content (AvgIpc) is 2.68. The topological polar surface area (TPSA) is 46.1 Å². The fourth-order valence-corrected chi connectivity index (χ4v) is 4.19. The molecule has 0 N–H and O–H groups in total. The molecule has 0 saturated carbocycles. The van der Waals surface area contributed by atoms with Gasteiger partial charge in [0, 0.05) is 47.4 Å². The molecule has 0 unspecified atom stereocenters. The molecule has 2 heterocycles. The maximum atomic E-state index is 13.0. The summed E-state index contributed by atoms with van der Waals surface area (Å²) in [4.78, 5) is 25.1. The van der Waals surface area contributed by atoms with Crippen molar-refractivity contribution in [1.82, 2.24) is 14.9 Å². The fraction of sp³-hybridized carbons (Fsp3) is 0.421. The second-order valence-corrected chi connectivity index (χ2v) is 7.84. The molecule has 1 aromatic carbocycles. The summed E-state index contributed by atoms with van der Waals surface area (Å²) in [5.41, 5.74) is 1.98. The van der Waals surface area contributed by atoms with Crippen molar-refractivity contribution in [2.75, 3.05) is 25.6 Å². The first-order valence-corrected chi connectivity index (χ1v) is 10.9. The maximum absolute atomic E-state index is 13.0. The van der Waals surface area contributed by atoms with Crippen LogP contribution in [0.4, 0.5) is 0 Å². The van der Waals surface area contributed by atoms with Crippen molar-refractivity contribution in [2.24, 2.45) is 5.92 Å². The van der Waals surface area contributed by atoms with E-state index in [2.05, 4.69) is 14.9 Å². The minimum atomic E-state index is 0.0773. The van der Waals surface area contributed by atoms with E-state index in [4.69, 9.17) is 0 Å². The molecular formula is C19H23N3OS2. The number of Topliss-reactive ketones (excluding diaryl/α,β-unsaturated/α-hetero) is 1. The van der Waals surface area contributed by atoms with E-state index in [1.807, 2.05) is 49.2 Å². The van der Waals surface area contributed by atoms with Gasteiger partial charge in [-0.3, -0.25) is 9.69 Å². The van der Waals surface area contributed by atoms with Crippen LogP contribution in [0.2, 0.25) is 0 Å². The second kappa shape index (κ2) is 8.83. The van der Waals surface area contributed by atoms with Gasteiger partial charge in [0.15, 0.2) is 10.9 Å². The van der Waals surface area contributed by atoms with Gasteiger partial charge in [0.05, 0.1) is 0 Å². The van der Waals surface area contributed by atoms with Gasteiger partial charge in [-0.25, -0.2) is 9.97 Å². The summed E-state index contributed by atoms with van der Waals surface area (Å²) in [5.74, 6) is 0.358. The van der Waals surface area contributed by atoms with E-state index in [9.17, 15) is 4.79 Å². The Kier molecular flexibility index (Phi) is 6.51. The number of hydrogen-bond donors (Lipinski definition) is 0. The molecule has 1 aromatic heterocycles. The highest BCUT2D eigenvalue weighted by Gasteiger charge is 2.27. The number of piperidine rings is 1. The van der Waals surface area contributed by atoms with Crippen molar-refractivity contribution in [3.05, 3.63) is 47.8 Å². The van der Waals surface area contributed by atoms with Crippen LogP contribution >= 0.6 is 23.5 Å². The molecular weight excluding hydrogens is 350 g/mol.